The Kier molecular flexibility index (Phi) is 3.59. The largest absolute Gasteiger partial charge is 0.419 e. The molecule has 0 radical (unpaired) electrons. The van der Waals surface area contributed by atoms with Crippen molar-refractivity contribution in [1.82, 2.24) is 5.32 Å². The second kappa shape index (κ2) is 4.85. The van der Waals surface area contributed by atoms with E-state index in [-0.39, 0.29) is 11.6 Å². The van der Waals surface area contributed by atoms with Gasteiger partial charge in [-0.15, -0.1) is 0 Å². The first-order valence-electron chi connectivity index (χ1n) is 5.67. The summed E-state index contributed by atoms with van der Waals surface area (Å²) in [6, 6.07) is 2.33. The number of halogens is 4. The van der Waals surface area contributed by atoms with Gasteiger partial charge in [0.15, 0.2) is 0 Å². The van der Waals surface area contributed by atoms with Gasteiger partial charge in [-0.2, -0.15) is 13.2 Å². The van der Waals surface area contributed by atoms with Crippen LogP contribution in [0.25, 0.3) is 0 Å². The number of nitrogens with one attached hydrogen (secondary N) is 1. The van der Waals surface area contributed by atoms with E-state index in [9.17, 15) is 22.7 Å². The first kappa shape index (κ1) is 13.3. The van der Waals surface area contributed by atoms with E-state index in [1.165, 1.54) is 0 Å². The van der Waals surface area contributed by atoms with E-state index in [1.54, 1.807) is 0 Å². The van der Waals surface area contributed by atoms with Crippen LogP contribution in [0.1, 0.15) is 30.1 Å². The molecule has 1 heterocycles. The number of alkyl halides is 3. The Morgan fingerprint density at radius 3 is 2.56 bits per heavy atom. The van der Waals surface area contributed by atoms with Crippen molar-refractivity contribution < 1.29 is 22.7 Å². The van der Waals surface area contributed by atoms with Crippen LogP contribution in [0, 0.1) is 5.82 Å². The smallest absolute Gasteiger partial charge is 0.387 e. The highest BCUT2D eigenvalue weighted by molar-refractivity contribution is 5.28. The van der Waals surface area contributed by atoms with Crippen molar-refractivity contribution in [2.24, 2.45) is 0 Å². The van der Waals surface area contributed by atoms with Gasteiger partial charge in [0, 0.05) is 6.04 Å². The first-order valence-corrected chi connectivity index (χ1v) is 5.67. The Hall–Kier alpha value is -1.14. The molecular weight excluding hydrogens is 250 g/mol. The van der Waals surface area contributed by atoms with Gasteiger partial charge in [0.2, 0.25) is 0 Å². The summed E-state index contributed by atoms with van der Waals surface area (Å²) in [6.07, 6.45) is -4.07. The lowest BCUT2D eigenvalue weighted by molar-refractivity contribution is -0.140. The maximum Gasteiger partial charge on any atom is 0.419 e. The van der Waals surface area contributed by atoms with Crippen LogP contribution in [-0.4, -0.2) is 17.7 Å². The fourth-order valence-corrected chi connectivity index (χ4v) is 2.16. The molecule has 6 heteroatoms. The van der Waals surface area contributed by atoms with Gasteiger partial charge >= 0.3 is 6.18 Å². The van der Waals surface area contributed by atoms with Crippen LogP contribution in [0.4, 0.5) is 17.6 Å². The third kappa shape index (κ3) is 2.64. The van der Waals surface area contributed by atoms with Crippen molar-refractivity contribution in [3.05, 3.63) is 35.1 Å². The lowest BCUT2D eigenvalue weighted by Gasteiger charge is -2.19. The molecule has 0 saturated carbocycles. The second-order valence-corrected chi connectivity index (χ2v) is 4.38. The van der Waals surface area contributed by atoms with Gasteiger partial charge in [-0.3, -0.25) is 0 Å². The predicted octanol–water partition coefficient (Wildman–Crippen LogP) is 2.63. The summed E-state index contributed by atoms with van der Waals surface area (Å²) < 4.78 is 50.4. The lowest BCUT2D eigenvalue weighted by atomic mass is 9.99. The standard InChI is InChI=1S/C12H13F4NO/c13-9-6-7(3-4-8(9)12(14,15)16)11(18)10-2-1-5-17-10/h3-4,6,10-11,17-18H,1-2,5H2. The molecule has 1 fully saturated rings. The van der Waals surface area contributed by atoms with Crippen LogP contribution in [0.15, 0.2) is 18.2 Å². The zero-order chi connectivity index (χ0) is 13.3. The monoisotopic (exact) mass is 263 g/mol. The van der Waals surface area contributed by atoms with Crippen molar-refractivity contribution in [2.75, 3.05) is 6.54 Å². The predicted molar refractivity (Wildman–Crippen MR) is 57.4 cm³/mol. The van der Waals surface area contributed by atoms with E-state index >= 15 is 0 Å². The third-order valence-electron chi connectivity index (χ3n) is 3.12. The number of hydrogen-bond acceptors (Lipinski definition) is 2. The first-order chi connectivity index (χ1) is 8.39. The van der Waals surface area contributed by atoms with E-state index in [2.05, 4.69) is 5.32 Å². The average Bonchev–Trinajstić information content (AvgIpc) is 2.79. The molecule has 1 aromatic carbocycles. The van der Waals surface area contributed by atoms with Gasteiger partial charge in [-0.05, 0) is 37.1 Å². The Morgan fingerprint density at radius 2 is 2.06 bits per heavy atom. The molecule has 0 aliphatic carbocycles. The zero-order valence-electron chi connectivity index (χ0n) is 9.47. The highest BCUT2D eigenvalue weighted by Gasteiger charge is 2.34. The van der Waals surface area contributed by atoms with Crippen molar-refractivity contribution in [1.29, 1.82) is 0 Å². The highest BCUT2D eigenvalue weighted by Crippen LogP contribution is 2.33. The Morgan fingerprint density at radius 1 is 1.33 bits per heavy atom. The summed E-state index contributed by atoms with van der Waals surface area (Å²) >= 11 is 0. The van der Waals surface area contributed by atoms with E-state index in [0.717, 1.165) is 31.5 Å². The highest BCUT2D eigenvalue weighted by atomic mass is 19.4. The average molecular weight is 263 g/mol. The van der Waals surface area contributed by atoms with Crippen LogP contribution in [0.2, 0.25) is 0 Å². The van der Waals surface area contributed by atoms with Gasteiger partial charge in [0.1, 0.15) is 5.82 Å². The van der Waals surface area contributed by atoms with Crippen LogP contribution < -0.4 is 5.32 Å². The summed E-state index contributed by atoms with van der Waals surface area (Å²) in [4.78, 5) is 0. The Bertz CT molecular complexity index is 427. The minimum atomic E-state index is -4.71. The minimum Gasteiger partial charge on any atom is -0.387 e. The molecule has 1 aliphatic heterocycles. The molecule has 18 heavy (non-hydrogen) atoms. The topological polar surface area (TPSA) is 32.3 Å². The summed E-state index contributed by atoms with van der Waals surface area (Å²) in [5.41, 5.74) is -1.14. The second-order valence-electron chi connectivity index (χ2n) is 4.38. The van der Waals surface area contributed by atoms with Crippen LogP contribution in [-0.2, 0) is 6.18 Å². The van der Waals surface area contributed by atoms with Gasteiger partial charge in [0.25, 0.3) is 0 Å². The number of rotatable bonds is 2. The Labute approximate surface area is 102 Å². The summed E-state index contributed by atoms with van der Waals surface area (Å²) in [6.45, 7) is 0.755. The third-order valence-corrected chi connectivity index (χ3v) is 3.12. The van der Waals surface area contributed by atoms with E-state index in [0.29, 0.717) is 6.07 Å². The Balaban J connectivity index is 2.23. The van der Waals surface area contributed by atoms with Crippen molar-refractivity contribution >= 4 is 0 Å². The molecule has 2 N–H and O–H groups in total. The van der Waals surface area contributed by atoms with Crippen LogP contribution in [0.5, 0.6) is 0 Å². The van der Waals surface area contributed by atoms with Gasteiger partial charge in [-0.1, -0.05) is 6.07 Å². The van der Waals surface area contributed by atoms with Crippen molar-refractivity contribution in [3.63, 3.8) is 0 Å². The van der Waals surface area contributed by atoms with Gasteiger partial charge < -0.3 is 10.4 Å². The fourth-order valence-electron chi connectivity index (χ4n) is 2.16. The molecule has 1 aliphatic rings. The molecule has 0 aromatic heterocycles. The van der Waals surface area contributed by atoms with Gasteiger partial charge in [0.05, 0.1) is 11.7 Å². The molecule has 1 aromatic rings. The molecular formula is C12H13F4NO. The SMILES string of the molecule is OC(c1ccc(C(F)(F)F)c(F)c1)C1CCCN1. The number of hydrogen-bond donors (Lipinski definition) is 2. The molecule has 2 nitrogen and oxygen atoms in total. The molecule has 2 rings (SSSR count). The normalized spacial score (nSPS) is 22.2. The van der Waals surface area contributed by atoms with Gasteiger partial charge in [-0.25, -0.2) is 4.39 Å². The van der Waals surface area contributed by atoms with E-state index in [4.69, 9.17) is 0 Å². The van der Waals surface area contributed by atoms with Crippen LogP contribution in [0.3, 0.4) is 0 Å². The molecule has 1 saturated heterocycles. The van der Waals surface area contributed by atoms with Crippen LogP contribution >= 0.6 is 0 Å². The van der Waals surface area contributed by atoms with Crippen molar-refractivity contribution in [2.45, 2.75) is 31.2 Å². The molecule has 2 unspecified atom stereocenters. The maximum absolute atomic E-state index is 13.3. The number of aliphatic hydroxyl groups is 1. The summed E-state index contributed by atoms with van der Waals surface area (Å²) in [5, 5.41) is 13.0. The number of benzene rings is 1. The summed E-state index contributed by atoms with van der Waals surface area (Å²) in [7, 11) is 0. The fraction of sp³-hybridized carbons (Fsp3) is 0.500. The molecule has 100 valence electrons. The molecule has 0 amide bonds. The van der Waals surface area contributed by atoms with E-state index in [1.807, 2.05) is 0 Å². The van der Waals surface area contributed by atoms with Crippen molar-refractivity contribution in [3.8, 4) is 0 Å². The molecule has 0 bridgehead atoms. The molecule has 0 spiro atoms. The lowest BCUT2D eigenvalue weighted by Crippen LogP contribution is -2.28. The zero-order valence-corrected chi connectivity index (χ0v) is 9.47. The summed E-state index contributed by atoms with van der Waals surface area (Å²) in [5.74, 6) is -1.35. The van der Waals surface area contributed by atoms with E-state index < -0.39 is 23.7 Å². The quantitative estimate of drug-likeness (QED) is 0.804. The minimum absolute atomic E-state index is 0.167. The molecule has 2 atom stereocenters. The number of aliphatic hydroxyl groups excluding tert-OH is 1. The maximum atomic E-state index is 13.3.